The second kappa shape index (κ2) is 9.62. The van der Waals surface area contributed by atoms with Gasteiger partial charge in [-0.15, -0.1) is 0 Å². The van der Waals surface area contributed by atoms with Gasteiger partial charge in [0.2, 0.25) is 0 Å². The summed E-state index contributed by atoms with van der Waals surface area (Å²) in [5, 5.41) is 11.4. The number of likely N-dealkylation sites (tertiary alicyclic amines) is 1. The predicted octanol–water partition coefficient (Wildman–Crippen LogP) is 3.10. The average molecular weight is 454 g/mol. The molecule has 8 heteroatoms. The van der Waals surface area contributed by atoms with Crippen LogP contribution < -0.4 is 0 Å². The van der Waals surface area contributed by atoms with Gasteiger partial charge >= 0.3 is 5.97 Å². The highest BCUT2D eigenvalue weighted by molar-refractivity contribution is 6.46. The number of nitrogens with zero attached hydrogens (tertiary/aromatic N) is 2. The molecule has 0 radical (unpaired) electrons. The van der Waals surface area contributed by atoms with Crippen molar-refractivity contribution in [1.29, 1.82) is 0 Å². The van der Waals surface area contributed by atoms with Gasteiger partial charge in [-0.1, -0.05) is 29.8 Å². The number of aromatic amines is 1. The topological polar surface area (TPSA) is 103 Å². The van der Waals surface area contributed by atoms with Crippen LogP contribution in [0, 0.1) is 20.8 Å². The number of aliphatic hydroxyl groups is 1. The Balaban J connectivity index is 2.17. The second-order valence-corrected chi connectivity index (χ2v) is 8.68. The van der Waals surface area contributed by atoms with Crippen LogP contribution in [-0.4, -0.2) is 71.8 Å². The number of aliphatic hydroxyl groups excluding tert-OH is 1. The van der Waals surface area contributed by atoms with Gasteiger partial charge in [-0.3, -0.25) is 9.59 Å². The molecule has 2 aromatic rings. The Bertz CT molecular complexity index is 1110. The number of benzene rings is 1. The van der Waals surface area contributed by atoms with Gasteiger partial charge in [0.1, 0.15) is 11.5 Å². The molecule has 3 rings (SSSR count). The summed E-state index contributed by atoms with van der Waals surface area (Å²) < 4.78 is 4.81. The first-order valence-corrected chi connectivity index (χ1v) is 10.9. The number of aromatic nitrogens is 1. The zero-order valence-electron chi connectivity index (χ0n) is 20.0. The lowest BCUT2D eigenvalue weighted by Gasteiger charge is -2.26. The Labute approximate surface area is 193 Å². The number of H-pyrrole nitrogens is 1. The van der Waals surface area contributed by atoms with E-state index in [1.807, 2.05) is 50.2 Å². The first-order valence-electron chi connectivity index (χ1n) is 10.9. The van der Waals surface area contributed by atoms with Gasteiger partial charge in [0.25, 0.3) is 11.7 Å². The lowest BCUT2D eigenvalue weighted by Crippen LogP contribution is -2.32. The molecular formula is C25H31N3O5. The zero-order valence-corrected chi connectivity index (χ0v) is 20.0. The first-order chi connectivity index (χ1) is 15.6. The van der Waals surface area contributed by atoms with Gasteiger partial charge in [-0.05, 0) is 59.0 Å². The van der Waals surface area contributed by atoms with E-state index >= 15 is 0 Å². The predicted molar refractivity (Wildman–Crippen MR) is 125 cm³/mol. The average Bonchev–Trinajstić information content (AvgIpc) is 3.20. The first kappa shape index (κ1) is 24.3. The number of esters is 1. The summed E-state index contributed by atoms with van der Waals surface area (Å²) in [6.45, 7) is 6.44. The molecule has 1 fully saturated rings. The molecular weight excluding hydrogens is 422 g/mol. The van der Waals surface area contributed by atoms with E-state index in [1.165, 1.54) is 12.0 Å². The number of hydrogen-bond donors (Lipinski definition) is 2. The van der Waals surface area contributed by atoms with Crippen molar-refractivity contribution >= 4 is 23.4 Å². The number of hydrogen-bond acceptors (Lipinski definition) is 6. The molecule has 8 nitrogen and oxygen atoms in total. The van der Waals surface area contributed by atoms with Crippen LogP contribution in [0.1, 0.15) is 50.9 Å². The second-order valence-electron chi connectivity index (χ2n) is 8.68. The van der Waals surface area contributed by atoms with Crippen LogP contribution in [0.5, 0.6) is 0 Å². The van der Waals surface area contributed by atoms with Crippen LogP contribution in [0.4, 0.5) is 0 Å². The van der Waals surface area contributed by atoms with E-state index in [0.717, 1.165) is 17.7 Å². The van der Waals surface area contributed by atoms with E-state index in [0.29, 0.717) is 29.8 Å². The maximum Gasteiger partial charge on any atom is 0.354 e. The summed E-state index contributed by atoms with van der Waals surface area (Å²) in [4.78, 5) is 44.8. The summed E-state index contributed by atoms with van der Waals surface area (Å²) in [6, 6.07) is 6.85. The minimum absolute atomic E-state index is 0.0234. The maximum atomic E-state index is 13.2. The molecule has 0 unspecified atom stereocenters. The normalized spacial score (nSPS) is 17.8. The van der Waals surface area contributed by atoms with Crippen LogP contribution >= 0.6 is 0 Å². The molecule has 1 aromatic heterocycles. The summed E-state index contributed by atoms with van der Waals surface area (Å²) in [5.41, 5.74) is 3.30. The summed E-state index contributed by atoms with van der Waals surface area (Å²) >= 11 is 0. The van der Waals surface area contributed by atoms with E-state index in [2.05, 4.69) is 4.98 Å². The Hall–Kier alpha value is -3.39. The van der Waals surface area contributed by atoms with E-state index < -0.39 is 23.7 Å². The monoisotopic (exact) mass is 453 g/mol. The van der Waals surface area contributed by atoms with Crippen LogP contribution in [0.25, 0.3) is 5.76 Å². The Morgan fingerprint density at radius 3 is 2.36 bits per heavy atom. The van der Waals surface area contributed by atoms with Crippen molar-refractivity contribution in [3.8, 4) is 0 Å². The standard InChI is InChI=1S/C25H31N3O5/c1-14-8-10-17(11-9-14)21-19(23(30)24(31)28(21)13-7-12-27(4)5)22(29)18-15(2)20(25(32)33-6)26-16(18)3/h8-11,21,26,29H,7,12-13H2,1-6H3/t21-/m0/s1. The minimum atomic E-state index is -0.734. The quantitative estimate of drug-likeness (QED) is 0.289. The molecule has 0 bridgehead atoms. The van der Waals surface area contributed by atoms with Crippen LogP contribution in [0.3, 0.4) is 0 Å². The number of Topliss-reactive ketones (excluding diaryl/α,β-unsaturated/α-hetero) is 1. The smallest absolute Gasteiger partial charge is 0.354 e. The van der Waals surface area contributed by atoms with Crippen molar-refractivity contribution in [2.45, 2.75) is 33.2 Å². The molecule has 0 spiro atoms. The van der Waals surface area contributed by atoms with Crippen molar-refractivity contribution in [2.24, 2.45) is 0 Å². The number of carbonyl (C=O) groups is 3. The van der Waals surface area contributed by atoms with E-state index in [1.54, 1.807) is 13.8 Å². The number of rotatable bonds is 7. The summed E-state index contributed by atoms with van der Waals surface area (Å²) in [5.74, 6) is -2.24. The molecule has 1 atom stereocenters. The Morgan fingerprint density at radius 2 is 1.79 bits per heavy atom. The fourth-order valence-corrected chi connectivity index (χ4v) is 4.31. The fourth-order valence-electron chi connectivity index (χ4n) is 4.31. The van der Waals surface area contributed by atoms with E-state index in [4.69, 9.17) is 4.74 Å². The number of methoxy groups -OCH3 is 1. The molecule has 176 valence electrons. The molecule has 1 amide bonds. The summed E-state index contributed by atoms with van der Waals surface area (Å²) in [7, 11) is 5.16. The van der Waals surface area contributed by atoms with Crippen LogP contribution in [0.2, 0.25) is 0 Å². The largest absolute Gasteiger partial charge is 0.507 e. The lowest BCUT2D eigenvalue weighted by atomic mass is 9.93. The van der Waals surface area contributed by atoms with Gasteiger partial charge in [0.15, 0.2) is 0 Å². The SMILES string of the molecule is COC(=O)c1[nH]c(C)c(C(O)=C2C(=O)C(=O)N(CCCN(C)C)[C@H]2c2ccc(C)cc2)c1C. The van der Waals surface area contributed by atoms with Crippen molar-refractivity contribution in [3.63, 3.8) is 0 Å². The third kappa shape index (κ3) is 4.57. The van der Waals surface area contributed by atoms with Crippen LogP contribution in [-0.2, 0) is 14.3 Å². The van der Waals surface area contributed by atoms with Gasteiger partial charge in [0, 0.05) is 17.8 Å². The maximum absolute atomic E-state index is 13.2. The summed E-state index contributed by atoms with van der Waals surface area (Å²) in [6.07, 6.45) is 0.678. The van der Waals surface area contributed by atoms with Crippen molar-refractivity contribution in [2.75, 3.05) is 34.3 Å². The molecule has 2 N–H and O–H groups in total. The number of carbonyl (C=O) groups excluding carboxylic acids is 3. The van der Waals surface area contributed by atoms with E-state index in [-0.39, 0.29) is 17.0 Å². The zero-order chi connectivity index (χ0) is 24.4. The fraction of sp³-hybridized carbons (Fsp3) is 0.400. The van der Waals surface area contributed by atoms with Gasteiger partial charge in [-0.2, -0.15) is 0 Å². The molecule has 1 aromatic carbocycles. The number of ketones is 1. The molecule has 0 aliphatic carbocycles. The molecule has 1 aliphatic rings. The van der Waals surface area contributed by atoms with Crippen molar-refractivity contribution in [1.82, 2.24) is 14.8 Å². The Kier molecular flexibility index (Phi) is 7.07. The number of aryl methyl sites for hydroxylation is 2. The highest BCUT2D eigenvalue weighted by Gasteiger charge is 2.46. The molecule has 1 aliphatic heterocycles. The van der Waals surface area contributed by atoms with Gasteiger partial charge < -0.3 is 24.6 Å². The molecule has 1 saturated heterocycles. The molecule has 2 heterocycles. The van der Waals surface area contributed by atoms with Crippen LogP contribution in [0.15, 0.2) is 29.8 Å². The highest BCUT2D eigenvalue weighted by Crippen LogP contribution is 2.41. The number of nitrogens with one attached hydrogen (secondary N) is 1. The highest BCUT2D eigenvalue weighted by atomic mass is 16.5. The number of amides is 1. The Morgan fingerprint density at radius 1 is 1.15 bits per heavy atom. The van der Waals surface area contributed by atoms with Crippen molar-refractivity contribution in [3.05, 3.63) is 63.5 Å². The minimum Gasteiger partial charge on any atom is -0.507 e. The van der Waals surface area contributed by atoms with Gasteiger partial charge in [-0.25, -0.2) is 4.79 Å². The third-order valence-corrected chi connectivity index (χ3v) is 6.00. The lowest BCUT2D eigenvalue weighted by molar-refractivity contribution is -0.139. The molecule has 0 saturated carbocycles. The third-order valence-electron chi connectivity index (χ3n) is 6.00. The molecule has 33 heavy (non-hydrogen) atoms. The van der Waals surface area contributed by atoms with E-state index in [9.17, 15) is 19.5 Å². The number of ether oxygens (including phenoxy) is 1. The van der Waals surface area contributed by atoms with Gasteiger partial charge in [0.05, 0.1) is 18.7 Å². The van der Waals surface area contributed by atoms with Crippen molar-refractivity contribution < 1.29 is 24.2 Å².